The number of nitrogens with one attached hydrogen (secondary N) is 2. The van der Waals surface area contributed by atoms with Crippen LogP contribution in [0.2, 0.25) is 0 Å². The van der Waals surface area contributed by atoms with Crippen molar-refractivity contribution >= 4 is 33.6 Å². The van der Waals surface area contributed by atoms with Crippen LogP contribution in [0.3, 0.4) is 0 Å². The molecular weight excluding hydrogens is 340 g/mol. The van der Waals surface area contributed by atoms with Crippen LogP contribution in [0.25, 0.3) is 0 Å². The number of hydrogen-bond donors (Lipinski definition) is 3. The molecule has 1 aliphatic carbocycles. The smallest absolute Gasteiger partial charge is 0.319 e. The van der Waals surface area contributed by atoms with Crippen LogP contribution in [0, 0.1) is 5.92 Å². The maximum absolute atomic E-state index is 12.0. The van der Waals surface area contributed by atoms with Crippen LogP contribution >= 0.6 is 15.9 Å². The number of methoxy groups -OCH3 is 1. The van der Waals surface area contributed by atoms with E-state index in [0.717, 1.165) is 17.3 Å². The minimum atomic E-state index is -0.906. The molecule has 7 heteroatoms. The molecular formula is C14H17BrN2O4. The first kappa shape index (κ1) is 15.6. The fourth-order valence-electron chi connectivity index (χ4n) is 2.11. The van der Waals surface area contributed by atoms with Gasteiger partial charge in [-0.05, 0) is 30.9 Å². The molecule has 1 aliphatic rings. The molecule has 0 radical (unpaired) electrons. The number of anilines is 1. The van der Waals surface area contributed by atoms with E-state index in [-0.39, 0.29) is 18.4 Å². The zero-order valence-corrected chi connectivity index (χ0v) is 13.1. The van der Waals surface area contributed by atoms with E-state index in [4.69, 9.17) is 9.84 Å². The van der Waals surface area contributed by atoms with Gasteiger partial charge in [0.1, 0.15) is 5.75 Å². The van der Waals surface area contributed by atoms with Crippen LogP contribution in [0.1, 0.15) is 19.3 Å². The molecule has 0 aliphatic heterocycles. The summed E-state index contributed by atoms with van der Waals surface area (Å²) in [5, 5.41) is 14.3. The molecule has 0 saturated heterocycles. The molecule has 2 amide bonds. The van der Waals surface area contributed by atoms with E-state index in [1.54, 1.807) is 25.3 Å². The Morgan fingerprint density at radius 2 is 2.14 bits per heavy atom. The zero-order valence-electron chi connectivity index (χ0n) is 11.6. The van der Waals surface area contributed by atoms with E-state index in [1.807, 2.05) is 0 Å². The predicted molar refractivity (Wildman–Crippen MR) is 81.6 cm³/mol. The van der Waals surface area contributed by atoms with Crippen molar-refractivity contribution in [2.24, 2.45) is 5.92 Å². The van der Waals surface area contributed by atoms with E-state index < -0.39 is 12.0 Å². The van der Waals surface area contributed by atoms with Gasteiger partial charge < -0.3 is 20.5 Å². The summed E-state index contributed by atoms with van der Waals surface area (Å²) in [6.45, 7) is 0. The first-order valence-corrected chi connectivity index (χ1v) is 7.41. The van der Waals surface area contributed by atoms with Crippen molar-refractivity contribution in [2.45, 2.75) is 25.3 Å². The van der Waals surface area contributed by atoms with Gasteiger partial charge in [-0.25, -0.2) is 4.79 Å². The number of carbonyl (C=O) groups excluding carboxylic acids is 1. The van der Waals surface area contributed by atoms with Crippen molar-refractivity contribution in [3.8, 4) is 5.75 Å². The van der Waals surface area contributed by atoms with E-state index in [2.05, 4.69) is 26.6 Å². The highest BCUT2D eigenvalue weighted by Crippen LogP contribution is 2.34. The number of carboxylic acids is 1. The van der Waals surface area contributed by atoms with E-state index in [1.165, 1.54) is 0 Å². The van der Waals surface area contributed by atoms with Crippen LogP contribution in [0.4, 0.5) is 10.5 Å². The molecule has 1 aromatic rings. The average molecular weight is 357 g/mol. The fraction of sp³-hybridized carbons (Fsp3) is 0.429. The van der Waals surface area contributed by atoms with Gasteiger partial charge in [-0.1, -0.05) is 15.9 Å². The molecule has 0 aromatic heterocycles. The van der Waals surface area contributed by atoms with Gasteiger partial charge in [0.2, 0.25) is 0 Å². The number of ether oxygens (including phenoxy) is 1. The second kappa shape index (κ2) is 6.80. The lowest BCUT2D eigenvalue weighted by Gasteiger charge is -2.17. The lowest BCUT2D eigenvalue weighted by Crippen LogP contribution is -2.40. The molecule has 0 heterocycles. The summed E-state index contributed by atoms with van der Waals surface area (Å²) in [6, 6.07) is 4.48. The van der Waals surface area contributed by atoms with Crippen molar-refractivity contribution < 1.29 is 19.4 Å². The van der Waals surface area contributed by atoms with E-state index in [9.17, 15) is 9.59 Å². The normalized spacial score (nSPS) is 15.1. The van der Waals surface area contributed by atoms with Gasteiger partial charge in [0.15, 0.2) is 0 Å². The number of halogens is 1. The van der Waals surface area contributed by atoms with Crippen molar-refractivity contribution in [3.63, 3.8) is 0 Å². The molecule has 2 rings (SSSR count). The Kier molecular flexibility index (Phi) is 5.06. The van der Waals surface area contributed by atoms with E-state index in [0.29, 0.717) is 11.4 Å². The van der Waals surface area contributed by atoms with Gasteiger partial charge in [-0.3, -0.25) is 4.79 Å². The first-order chi connectivity index (χ1) is 9.97. The summed E-state index contributed by atoms with van der Waals surface area (Å²) < 4.78 is 5.90. The van der Waals surface area contributed by atoms with Gasteiger partial charge in [0.05, 0.1) is 13.5 Å². The molecule has 1 saturated carbocycles. The third kappa shape index (κ3) is 4.93. The molecule has 114 valence electrons. The van der Waals surface area contributed by atoms with Crippen molar-refractivity contribution in [2.75, 3.05) is 12.4 Å². The lowest BCUT2D eigenvalue weighted by atomic mass is 10.1. The highest BCUT2D eigenvalue weighted by atomic mass is 79.9. The zero-order chi connectivity index (χ0) is 15.4. The Labute approximate surface area is 131 Å². The van der Waals surface area contributed by atoms with Crippen LogP contribution in [-0.2, 0) is 4.79 Å². The number of urea groups is 1. The maximum Gasteiger partial charge on any atom is 0.319 e. The number of amides is 2. The Bertz CT molecular complexity index is 546. The molecule has 0 bridgehead atoms. The molecule has 1 fully saturated rings. The van der Waals surface area contributed by atoms with Gasteiger partial charge in [-0.2, -0.15) is 0 Å². The van der Waals surface area contributed by atoms with Gasteiger partial charge in [0.25, 0.3) is 0 Å². The number of aliphatic carboxylic acids is 1. The van der Waals surface area contributed by atoms with Crippen LogP contribution in [0.5, 0.6) is 5.75 Å². The molecule has 3 N–H and O–H groups in total. The summed E-state index contributed by atoms with van der Waals surface area (Å²) in [6.07, 6.45) is 1.87. The predicted octanol–water partition coefficient (Wildman–Crippen LogP) is 2.83. The topological polar surface area (TPSA) is 87.7 Å². The minimum absolute atomic E-state index is 0.0557. The Balaban J connectivity index is 1.97. The molecule has 1 atom stereocenters. The molecule has 0 spiro atoms. The minimum Gasteiger partial charge on any atom is -0.497 e. The van der Waals surface area contributed by atoms with Crippen LogP contribution in [0.15, 0.2) is 22.7 Å². The fourth-order valence-corrected chi connectivity index (χ4v) is 2.58. The SMILES string of the molecule is COc1cc(Br)cc(NC(=O)NC(CC(=O)O)C2CC2)c1. The standard InChI is InChI=1S/C14H17BrN2O4/c1-21-11-5-9(15)4-10(6-11)16-14(20)17-12(7-13(18)19)8-2-3-8/h4-6,8,12H,2-3,7H2,1H3,(H,18,19)(H2,16,17,20). The second-order valence-corrected chi connectivity index (χ2v) is 5.94. The van der Waals surface area contributed by atoms with Gasteiger partial charge in [0, 0.05) is 22.3 Å². The number of benzene rings is 1. The van der Waals surface area contributed by atoms with Crippen LogP contribution < -0.4 is 15.4 Å². The highest BCUT2D eigenvalue weighted by Gasteiger charge is 2.33. The van der Waals surface area contributed by atoms with Crippen molar-refractivity contribution in [1.29, 1.82) is 0 Å². The Morgan fingerprint density at radius 3 is 2.71 bits per heavy atom. The maximum atomic E-state index is 12.0. The summed E-state index contributed by atoms with van der Waals surface area (Å²) in [5.74, 6) is -0.0239. The van der Waals surface area contributed by atoms with Crippen molar-refractivity contribution in [3.05, 3.63) is 22.7 Å². The number of hydrogen-bond acceptors (Lipinski definition) is 3. The number of carbonyl (C=O) groups is 2. The summed E-state index contributed by atoms with van der Waals surface area (Å²) >= 11 is 3.33. The third-order valence-electron chi connectivity index (χ3n) is 3.27. The average Bonchev–Trinajstić information content (AvgIpc) is 3.20. The molecule has 21 heavy (non-hydrogen) atoms. The number of rotatable bonds is 6. The van der Waals surface area contributed by atoms with Crippen LogP contribution in [-0.4, -0.2) is 30.3 Å². The second-order valence-electron chi connectivity index (χ2n) is 5.02. The molecule has 6 nitrogen and oxygen atoms in total. The molecule has 1 unspecified atom stereocenters. The number of carboxylic acid groups (broad SMARTS) is 1. The van der Waals surface area contributed by atoms with Crippen molar-refractivity contribution in [1.82, 2.24) is 5.32 Å². The summed E-state index contributed by atoms with van der Waals surface area (Å²) in [4.78, 5) is 22.8. The monoisotopic (exact) mass is 356 g/mol. The van der Waals surface area contributed by atoms with Gasteiger partial charge in [-0.15, -0.1) is 0 Å². The lowest BCUT2D eigenvalue weighted by molar-refractivity contribution is -0.137. The molecule has 1 aromatic carbocycles. The highest BCUT2D eigenvalue weighted by molar-refractivity contribution is 9.10. The summed E-state index contributed by atoms with van der Waals surface area (Å²) in [5.41, 5.74) is 0.573. The van der Waals surface area contributed by atoms with E-state index >= 15 is 0 Å². The summed E-state index contributed by atoms with van der Waals surface area (Å²) in [7, 11) is 1.54. The third-order valence-corrected chi connectivity index (χ3v) is 3.72. The first-order valence-electron chi connectivity index (χ1n) is 6.62. The Morgan fingerprint density at radius 1 is 1.43 bits per heavy atom. The largest absolute Gasteiger partial charge is 0.497 e. The quantitative estimate of drug-likeness (QED) is 0.731. The Hall–Kier alpha value is -1.76. The van der Waals surface area contributed by atoms with Gasteiger partial charge >= 0.3 is 12.0 Å².